The molecule has 0 bridgehead atoms. The van der Waals surface area contributed by atoms with Crippen LogP contribution in [0.15, 0.2) is 11.8 Å². The highest BCUT2D eigenvalue weighted by atomic mass is 15.1. The molecule has 0 saturated carbocycles. The summed E-state index contributed by atoms with van der Waals surface area (Å²) in [7, 11) is 0. The summed E-state index contributed by atoms with van der Waals surface area (Å²) in [6.45, 7) is 6.84. The molecule has 1 nitrogen and oxygen atoms in total. The first-order valence-electron chi connectivity index (χ1n) is 3.74. The summed E-state index contributed by atoms with van der Waals surface area (Å²) in [5.41, 5.74) is 1.53. The van der Waals surface area contributed by atoms with Gasteiger partial charge < -0.3 is 4.90 Å². The lowest BCUT2D eigenvalue weighted by atomic mass is 10.1. The molecule has 52 valence electrons. The zero-order chi connectivity index (χ0) is 6.69. The number of rotatable bonds is 1. The third-order valence-electron chi connectivity index (χ3n) is 1.83. The number of hydrogen-bond donors (Lipinski definition) is 0. The molecule has 0 aliphatic carbocycles. The third-order valence-corrected chi connectivity index (χ3v) is 1.83. The zero-order valence-corrected chi connectivity index (χ0v) is 6.35. The minimum absolute atomic E-state index is 1.16. The van der Waals surface area contributed by atoms with E-state index in [0.717, 1.165) is 6.54 Å². The molecule has 0 spiro atoms. The van der Waals surface area contributed by atoms with Crippen LogP contribution in [0.5, 0.6) is 0 Å². The molecule has 0 atom stereocenters. The lowest BCUT2D eigenvalue weighted by molar-refractivity contribution is 0.366. The quantitative estimate of drug-likeness (QED) is 0.518. The van der Waals surface area contributed by atoms with Crippen molar-refractivity contribution in [1.29, 1.82) is 0 Å². The fourth-order valence-corrected chi connectivity index (χ4v) is 1.25. The molecule has 1 aliphatic rings. The van der Waals surface area contributed by atoms with Crippen LogP contribution in [0, 0.1) is 0 Å². The first kappa shape index (κ1) is 6.66. The predicted molar refractivity (Wildman–Crippen MR) is 40.2 cm³/mol. The van der Waals surface area contributed by atoms with Gasteiger partial charge in [-0.1, -0.05) is 5.57 Å². The van der Waals surface area contributed by atoms with Gasteiger partial charge in [-0.05, 0) is 32.9 Å². The van der Waals surface area contributed by atoms with Crippen molar-refractivity contribution in [1.82, 2.24) is 4.90 Å². The Morgan fingerprint density at radius 3 is 2.89 bits per heavy atom. The van der Waals surface area contributed by atoms with Crippen molar-refractivity contribution < 1.29 is 0 Å². The van der Waals surface area contributed by atoms with Gasteiger partial charge in [0, 0.05) is 13.1 Å². The summed E-state index contributed by atoms with van der Waals surface area (Å²) in [6, 6.07) is 0. The van der Waals surface area contributed by atoms with Gasteiger partial charge in [-0.25, -0.2) is 0 Å². The van der Waals surface area contributed by atoms with Gasteiger partial charge in [0.15, 0.2) is 0 Å². The molecule has 0 unspecified atom stereocenters. The van der Waals surface area contributed by atoms with Gasteiger partial charge >= 0.3 is 0 Å². The predicted octanol–water partition coefficient (Wildman–Crippen LogP) is 2.01. The van der Waals surface area contributed by atoms with Gasteiger partial charge in [0.25, 0.3) is 0 Å². The molecule has 9 heavy (non-hydrogen) atoms. The molecule has 0 aromatic heterocycles. The highest BCUT2D eigenvalue weighted by Gasteiger charge is 2.03. The van der Waals surface area contributed by atoms with Crippen molar-refractivity contribution in [3.05, 3.63) is 11.8 Å². The van der Waals surface area contributed by atoms with Gasteiger partial charge in [0.1, 0.15) is 0 Å². The maximum Gasteiger partial charge on any atom is 0.0175 e. The first-order valence-corrected chi connectivity index (χ1v) is 3.74. The highest BCUT2D eigenvalue weighted by Crippen LogP contribution is 2.12. The van der Waals surface area contributed by atoms with Gasteiger partial charge in [-0.2, -0.15) is 0 Å². The molecule has 1 rings (SSSR count). The van der Waals surface area contributed by atoms with E-state index in [1.807, 2.05) is 0 Å². The summed E-state index contributed by atoms with van der Waals surface area (Å²) in [6.07, 6.45) is 4.93. The van der Waals surface area contributed by atoms with Gasteiger partial charge in [0.2, 0.25) is 0 Å². The lowest BCUT2D eigenvalue weighted by Crippen LogP contribution is -2.21. The molecular weight excluding hydrogens is 110 g/mol. The van der Waals surface area contributed by atoms with E-state index in [-0.39, 0.29) is 0 Å². The Morgan fingerprint density at radius 1 is 1.67 bits per heavy atom. The Bertz CT molecular complexity index is 116. The molecular formula is C8H15N. The molecule has 0 fully saturated rings. The molecule has 0 aromatic carbocycles. The Labute approximate surface area is 57.4 Å². The largest absolute Gasteiger partial charge is 0.378 e. The number of allylic oxidation sites excluding steroid dienone is 1. The van der Waals surface area contributed by atoms with E-state index in [2.05, 4.69) is 24.9 Å². The van der Waals surface area contributed by atoms with Crippen LogP contribution < -0.4 is 0 Å². The molecule has 1 aliphatic heterocycles. The number of nitrogens with zero attached hydrogens (tertiary/aromatic N) is 1. The van der Waals surface area contributed by atoms with Crippen molar-refractivity contribution in [2.24, 2.45) is 0 Å². The van der Waals surface area contributed by atoms with E-state index in [0.29, 0.717) is 0 Å². The SMILES string of the molecule is CCN1C=C(C)CCC1. The van der Waals surface area contributed by atoms with E-state index in [9.17, 15) is 0 Å². The minimum Gasteiger partial charge on any atom is -0.378 e. The summed E-state index contributed by atoms with van der Waals surface area (Å²) >= 11 is 0. The average Bonchev–Trinajstić information content (AvgIpc) is 1.88. The van der Waals surface area contributed by atoms with Crippen LogP contribution in [-0.2, 0) is 0 Å². The Balaban J connectivity index is 2.47. The van der Waals surface area contributed by atoms with Crippen molar-refractivity contribution in [3.8, 4) is 0 Å². The van der Waals surface area contributed by atoms with E-state index >= 15 is 0 Å². The Hall–Kier alpha value is -0.460. The second kappa shape index (κ2) is 2.90. The molecule has 0 radical (unpaired) electrons. The normalized spacial score (nSPS) is 19.8. The summed E-state index contributed by atoms with van der Waals surface area (Å²) < 4.78 is 0. The average molecular weight is 125 g/mol. The molecule has 0 N–H and O–H groups in total. The fraction of sp³-hybridized carbons (Fsp3) is 0.750. The van der Waals surface area contributed by atoms with Crippen LogP contribution in [0.2, 0.25) is 0 Å². The van der Waals surface area contributed by atoms with Crippen LogP contribution in [0.4, 0.5) is 0 Å². The Morgan fingerprint density at radius 2 is 2.44 bits per heavy atom. The van der Waals surface area contributed by atoms with E-state index in [1.165, 1.54) is 25.0 Å². The standard InChI is InChI=1S/C8H15N/c1-3-9-6-4-5-8(2)7-9/h7H,3-6H2,1-2H3. The zero-order valence-electron chi connectivity index (χ0n) is 6.35. The van der Waals surface area contributed by atoms with Crippen molar-refractivity contribution in [3.63, 3.8) is 0 Å². The smallest absolute Gasteiger partial charge is 0.0175 e. The number of hydrogen-bond acceptors (Lipinski definition) is 1. The lowest BCUT2D eigenvalue weighted by Gasteiger charge is -2.23. The monoisotopic (exact) mass is 125 g/mol. The summed E-state index contributed by atoms with van der Waals surface area (Å²) in [4.78, 5) is 2.37. The molecule has 0 saturated heterocycles. The fourth-order valence-electron chi connectivity index (χ4n) is 1.25. The van der Waals surface area contributed by atoms with Crippen molar-refractivity contribution in [2.75, 3.05) is 13.1 Å². The Kier molecular flexibility index (Phi) is 2.15. The van der Waals surface area contributed by atoms with E-state index in [4.69, 9.17) is 0 Å². The maximum absolute atomic E-state index is 2.37. The van der Waals surface area contributed by atoms with E-state index < -0.39 is 0 Å². The molecule has 1 heterocycles. The van der Waals surface area contributed by atoms with Gasteiger partial charge in [-0.3, -0.25) is 0 Å². The maximum atomic E-state index is 2.37. The van der Waals surface area contributed by atoms with Crippen LogP contribution in [0.1, 0.15) is 26.7 Å². The van der Waals surface area contributed by atoms with Crippen molar-refractivity contribution >= 4 is 0 Å². The second-order valence-corrected chi connectivity index (χ2v) is 2.71. The van der Waals surface area contributed by atoms with Gasteiger partial charge in [0.05, 0.1) is 0 Å². The van der Waals surface area contributed by atoms with Gasteiger partial charge in [-0.15, -0.1) is 0 Å². The van der Waals surface area contributed by atoms with Crippen LogP contribution in [-0.4, -0.2) is 18.0 Å². The summed E-state index contributed by atoms with van der Waals surface area (Å²) in [5, 5.41) is 0. The van der Waals surface area contributed by atoms with Crippen LogP contribution >= 0.6 is 0 Å². The minimum atomic E-state index is 1.16. The molecule has 1 heteroatoms. The highest BCUT2D eigenvalue weighted by molar-refractivity contribution is 5.00. The van der Waals surface area contributed by atoms with E-state index in [1.54, 1.807) is 0 Å². The molecule has 0 amide bonds. The summed E-state index contributed by atoms with van der Waals surface area (Å²) in [5.74, 6) is 0. The second-order valence-electron chi connectivity index (χ2n) is 2.71. The van der Waals surface area contributed by atoms with Crippen LogP contribution in [0.25, 0.3) is 0 Å². The topological polar surface area (TPSA) is 3.24 Å². The molecule has 0 aromatic rings. The van der Waals surface area contributed by atoms with Crippen LogP contribution in [0.3, 0.4) is 0 Å². The van der Waals surface area contributed by atoms with Crippen molar-refractivity contribution in [2.45, 2.75) is 26.7 Å². The third kappa shape index (κ3) is 1.74. The first-order chi connectivity index (χ1) is 4.33.